The van der Waals surface area contributed by atoms with Crippen LogP contribution in [0.25, 0.3) is 0 Å². The van der Waals surface area contributed by atoms with E-state index in [-0.39, 0.29) is 0 Å². The molecule has 1 saturated heterocycles. The summed E-state index contributed by atoms with van der Waals surface area (Å²) in [6.45, 7) is 6.97. The molecule has 0 saturated carbocycles. The second kappa shape index (κ2) is 3.65. The van der Waals surface area contributed by atoms with Crippen molar-refractivity contribution in [2.45, 2.75) is 33.1 Å². The van der Waals surface area contributed by atoms with Crippen LogP contribution in [0, 0.1) is 0 Å². The molecule has 1 heteroatoms. The van der Waals surface area contributed by atoms with Gasteiger partial charge in [0.25, 0.3) is 0 Å². The maximum Gasteiger partial charge on any atom is 0.0175 e. The largest absolute Gasteiger partial charge is 0.375 e. The maximum atomic E-state index is 2.48. The Morgan fingerprint density at radius 1 is 1.40 bits per heavy atom. The molecule has 10 heavy (non-hydrogen) atoms. The summed E-state index contributed by atoms with van der Waals surface area (Å²) in [6, 6.07) is 0. The van der Waals surface area contributed by atoms with Crippen molar-refractivity contribution in [3.05, 3.63) is 11.8 Å². The summed E-state index contributed by atoms with van der Waals surface area (Å²) in [5.41, 5.74) is 1.47. The summed E-state index contributed by atoms with van der Waals surface area (Å²) in [4.78, 5) is 2.48. The summed E-state index contributed by atoms with van der Waals surface area (Å²) in [6.07, 6.45) is 6.25. The van der Waals surface area contributed by atoms with Crippen LogP contribution in [-0.2, 0) is 0 Å². The van der Waals surface area contributed by atoms with Gasteiger partial charge in [0.05, 0.1) is 0 Å². The molecule has 0 unspecified atom stereocenters. The third-order valence-electron chi connectivity index (χ3n) is 2.10. The van der Waals surface area contributed by atoms with Crippen molar-refractivity contribution in [3.8, 4) is 0 Å². The van der Waals surface area contributed by atoms with Gasteiger partial charge in [0, 0.05) is 18.8 Å². The molecule has 0 N–H and O–H groups in total. The van der Waals surface area contributed by atoms with Crippen LogP contribution in [0.15, 0.2) is 11.8 Å². The van der Waals surface area contributed by atoms with Gasteiger partial charge < -0.3 is 4.90 Å². The number of rotatable bonds is 2. The molecule has 1 aliphatic rings. The number of likely N-dealkylation sites (tertiary alicyclic amines) is 1. The van der Waals surface area contributed by atoms with Crippen LogP contribution in [-0.4, -0.2) is 18.0 Å². The molecule has 0 aromatic heterocycles. The molecule has 0 amide bonds. The van der Waals surface area contributed by atoms with E-state index in [2.05, 4.69) is 24.8 Å². The molecule has 0 bridgehead atoms. The van der Waals surface area contributed by atoms with Gasteiger partial charge in [-0.2, -0.15) is 0 Å². The Kier molecular flexibility index (Phi) is 2.79. The topological polar surface area (TPSA) is 3.24 Å². The first-order chi connectivity index (χ1) is 4.84. The second-order valence-electron chi connectivity index (χ2n) is 2.95. The Morgan fingerprint density at radius 2 is 2.00 bits per heavy atom. The van der Waals surface area contributed by atoms with Crippen LogP contribution < -0.4 is 0 Å². The quantitative estimate of drug-likeness (QED) is 0.568. The van der Waals surface area contributed by atoms with Crippen LogP contribution in [0.1, 0.15) is 33.1 Å². The highest BCUT2D eigenvalue weighted by molar-refractivity contribution is 4.98. The molecule has 0 aromatic rings. The van der Waals surface area contributed by atoms with Gasteiger partial charge in [-0.25, -0.2) is 0 Å². The van der Waals surface area contributed by atoms with Crippen LogP contribution in [0.5, 0.6) is 0 Å². The monoisotopic (exact) mass is 139 g/mol. The van der Waals surface area contributed by atoms with Crippen molar-refractivity contribution in [2.24, 2.45) is 0 Å². The molecule has 58 valence electrons. The lowest BCUT2D eigenvalue weighted by Gasteiger charge is -2.17. The summed E-state index contributed by atoms with van der Waals surface area (Å²) in [5.74, 6) is 0. The number of hydrogen-bond donors (Lipinski definition) is 0. The summed E-state index contributed by atoms with van der Waals surface area (Å²) >= 11 is 0. The van der Waals surface area contributed by atoms with E-state index in [1.54, 1.807) is 0 Å². The van der Waals surface area contributed by atoms with Crippen LogP contribution >= 0.6 is 0 Å². The first-order valence-corrected chi connectivity index (χ1v) is 4.26. The fourth-order valence-electron chi connectivity index (χ4n) is 1.49. The van der Waals surface area contributed by atoms with E-state index in [0.717, 1.165) is 0 Å². The lowest BCUT2D eigenvalue weighted by Crippen LogP contribution is -2.16. The highest BCUT2D eigenvalue weighted by Gasteiger charge is 2.10. The van der Waals surface area contributed by atoms with Crippen molar-refractivity contribution >= 4 is 0 Å². The molecule has 0 radical (unpaired) electrons. The van der Waals surface area contributed by atoms with E-state index in [0.29, 0.717) is 0 Å². The maximum absolute atomic E-state index is 2.48. The highest BCUT2D eigenvalue weighted by atomic mass is 15.1. The Hall–Kier alpha value is -0.460. The average Bonchev–Trinajstić information content (AvgIpc) is 2.38. The molecule has 1 rings (SSSR count). The normalized spacial score (nSPS) is 20.2. The SMILES string of the molecule is CC/C=C(/C)N1CCCC1. The molecule has 0 aliphatic carbocycles. The van der Waals surface area contributed by atoms with Gasteiger partial charge >= 0.3 is 0 Å². The predicted molar refractivity (Wildman–Crippen MR) is 44.9 cm³/mol. The summed E-state index contributed by atoms with van der Waals surface area (Å²) < 4.78 is 0. The molecular formula is C9H17N. The van der Waals surface area contributed by atoms with Gasteiger partial charge in [0.1, 0.15) is 0 Å². The van der Waals surface area contributed by atoms with E-state index in [4.69, 9.17) is 0 Å². The molecule has 1 fully saturated rings. The molecule has 1 nitrogen and oxygen atoms in total. The molecule has 0 atom stereocenters. The lowest BCUT2D eigenvalue weighted by molar-refractivity contribution is 0.426. The van der Waals surface area contributed by atoms with E-state index >= 15 is 0 Å². The van der Waals surface area contributed by atoms with Gasteiger partial charge in [0.2, 0.25) is 0 Å². The minimum atomic E-state index is 1.17. The van der Waals surface area contributed by atoms with Gasteiger partial charge in [0.15, 0.2) is 0 Å². The van der Waals surface area contributed by atoms with Crippen molar-refractivity contribution in [2.75, 3.05) is 13.1 Å². The van der Waals surface area contributed by atoms with Crippen molar-refractivity contribution in [1.29, 1.82) is 0 Å². The van der Waals surface area contributed by atoms with Crippen LogP contribution in [0.4, 0.5) is 0 Å². The van der Waals surface area contributed by atoms with Gasteiger partial charge in [-0.1, -0.05) is 13.0 Å². The Morgan fingerprint density at radius 3 is 2.50 bits per heavy atom. The van der Waals surface area contributed by atoms with Gasteiger partial charge in [-0.05, 0) is 26.2 Å². The zero-order valence-electron chi connectivity index (χ0n) is 7.06. The minimum Gasteiger partial charge on any atom is -0.375 e. The summed E-state index contributed by atoms with van der Waals surface area (Å²) in [7, 11) is 0. The zero-order chi connectivity index (χ0) is 7.40. The fourth-order valence-corrected chi connectivity index (χ4v) is 1.49. The molecule has 1 heterocycles. The average molecular weight is 139 g/mol. The zero-order valence-corrected chi connectivity index (χ0v) is 7.06. The molecular weight excluding hydrogens is 122 g/mol. The molecule has 0 aromatic carbocycles. The van der Waals surface area contributed by atoms with Gasteiger partial charge in [-0.15, -0.1) is 0 Å². The van der Waals surface area contributed by atoms with E-state index in [1.165, 1.54) is 38.0 Å². The smallest absolute Gasteiger partial charge is 0.0175 e. The van der Waals surface area contributed by atoms with Crippen molar-refractivity contribution in [3.63, 3.8) is 0 Å². The minimum absolute atomic E-state index is 1.17. The van der Waals surface area contributed by atoms with E-state index in [9.17, 15) is 0 Å². The predicted octanol–water partition coefficient (Wildman–Crippen LogP) is 2.40. The summed E-state index contributed by atoms with van der Waals surface area (Å²) in [5, 5.41) is 0. The number of nitrogens with zero attached hydrogens (tertiary/aromatic N) is 1. The first-order valence-electron chi connectivity index (χ1n) is 4.26. The second-order valence-corrected chi connectivity index (χ2v) is 2.95. The third kappa shape index (κ3) is 1.76. The third-order valence-corrected chi connectivity index (χ3v) is 2.10. The first kappa shape index (κ1) is 7.64. The van der Waals surface area contributed by atoms with Crippen LogP contribution in [0.3, 0.4) is 0 Å². The number of allylic oxidation sites excluding steroid dienone is 2. The van der Waals surface area contributed by atoms with Crippen LogP contribution in [0.2, 0.25) is 0 Å². The lowest BCUT2D eigenvalue weighted by atomic mass is 10.3. The molecule has 1 aliphatic heterocycles. The Labute approximate surface area is 63.7 Å². The van der Waals surface area contributed by atoms with Crippen molar-refractivity contribution in [1.82, 2.24) is 4.90 Å². The molecule has 0 spiro atoms. The van der Waals surface area contributed by atoms with Crippen molar-refractivity contribution < 1.29 is 0 Å². The van der Waals surface area contributed by atoms with E-state index in [1.807, 2.05) is 0 Å². The number of hydrogen-bond acceptors (Lipinski definition) is 1. The fraction of sp³-hybridized carbons (Fsp3) is 0.778. The standard InChI is InChI=1S/C9H17N/c1-3-6-9(2)10-7-4-5-8-10/h6H,3-5,7-8H2,1-2H3/b9-6-. The Bertz CT molecular complexity index is 121. The Balaban J connectivity index is 2.39. The highest BCUT2D eigenvalue weighted by Crippen LogP contribution is 2.13. The van der Waals surface area contributed by atoms with Gasteiger partial charge in [-0.3, -0.25) is 0 Å². The van der Waals surface area contributed by atoms with E-state index < -0.39 is 0 Å².